The first-order chi connectivity index (χ1) is 32.6. The Balaban J connectivity index is 0.00000375. The molecule has 7 rings (SSSR count). The Hall–Kier alpha value is -2.96. The number of benzene rings is 4. The first-order valence-electron chi connectivity index (χ1n) is 18.6. The Labute approximate surface area is 517 Å². The van der Waals surface area contributed by atoms with Crippen molar-refractivity contribution in [2.75, 3.05) is 58.6 Å². The van der Waals surface area contributed by atoms with Gasteiger partial charge in [-0.25, -0.2) is 25.3 Å². The molecule has 2 aromatic heterocycles. The summed E-state index contributed by atoms with van der Waals surface area (Å²) in [6, 6.07) is 12.2. The second kappa shape index (κ2) is 29.1. The van der Waals surface area contributed by atoms with Crippen LogP contribution in [0.2, 0.25) is 5.28 Å². The molecule has 0 atom stereocenters. The number of morpholine rings is 1. The van der Waals surface area contributed by atoms with E-state index in [4.69, 9.17) is 27.8 Å². The molecule has 3 heterocycles. The van der Waals surface area contributed by atoms with Gasteiger partial charge in [-0.1, -0.05) is 13.5 Å². The molecule has 29 nitrogen and oxygen atoms in total. The van der Waals surface area contributed by atoms with E-state index in [1.165, 1.54) is 30.3 Å². The van der Waals surface area contributed by atoms with Gasteiger partial charge in [0.1, 0.15) is 53.1 Å². The number of nitrogens with one attached hydrogen (secondary N) is 3. The molecule has 0 unspecified atom stereocenters. The first-order valence-corrected chi connectivity index (χ1v) is 23.9. The Morgan fingerprint density at radius 1 is 0.662 bits per heavy atom. The number of nitrogen functional groups attached to an aromatic ring is 2. The van der Waals surface area contributed by atoms with Crippen LogP contribution in [0.15, 0.2) is 107 Å². The average Bonchev–Trinajstić information content (AvgIpc) is 3.27. The van der Waals surface area contributed by atoms with Crippen molar-refractivity contribution in [1.29, 1.82) is 0 Å². The van der Waals surface area contributed by atoms with Gasteiger partial charge in [-0.3, -0.25) is 5.04 Å². The Morgan fingerprint density at radius 2 is 1.22 bits per heavy atom. The van der Waals surface area contributed by atoms with E-state index in [1.54, 1.807) is 4.90 Å². The minimum Gasteiger partial charge on any atom is -0.744 e. The van der Waals surface area contributed by atoms with E-state index in [9.17, 15) is 48.6 Å². The number of aromatic nitrogens is 6. The standard InChI is InChI=1S/C34H30ClFN16O13S4.CH4.4Na/c35-29-42-31(39-16-2-1-3-19(12-16)67(54,55)56)46-32(43-29)40-18-5-7-24(68(57,58)59)21(14-18)49-50-22-15-25(69(60,61)62)27(38)28(26(22)37)51-48-20-13-17(4-6-23(20)66-65-64-53)41-33-44-30(36)45-34(47-33)52-8-10-63-11-9-52;;;;;/h1-7,12-15,53H,8-11,37-38H2,(H,54,55,56)(H,57,58,59)(H,60,61,62)(H,41,44,45,47)(H2,39,40,42,43,46);1H4;;;;/q;;4*+1/p-4. The number of nitrogens with zero attached hydrogens (tertiary/aromatic N) is 11. The van der Waals surface area contributed by atoms with Crippen LogP contribution in [-0.4, -0.2) is 95.1 Å². The molecular weight excluding hydrogens is 1130 g/mol. The summed E-state index contributed by atoms with van der Waals surface area (Å²) in [5.41, 5.74) is 8.87. The molecule has 1 aliphatic rings. The third-order valence-electron chi connectivity index (χ3n) is 8.84. The largest absolute Gasteiger partial charge is 1.00 e. The van der Waals surface area contributed by atoms with Gasteiger partial charge in [-0.15, -0.1) is 20.5 Å². The molecule has 4 aromatic carbocycles. The van der Waals surface area contributed by atoms with Gasteiger partial charge in [0.25, 0.3) is 0 Å². The SMILES string of the molecule is C.Nc1c(N=Nc2cc(Nc3nc(Cl)nc(Nc4cccc(S(=O)(=O)[O-])c4)n3)ccc2S(=O)(=O)[O-])cc(S(=O)(=O)[O-])c(N)c1N=Nc1cc(Nc2nc(F)nc(N3CCOCC3)n2)ccc1SOO[O-].[Na+].[Na+].[Na+].[Na+]. The average molecular weight is 1160 g/mol. The number of nitrogens with two attached hydrogens (primary N) is 2. The van der Waals surface area contributed by atoms with Gasteiger partial charge in [0.2, 0.25) is 29.1 Å². The van der Waals surface area contributed by atoms with E-state index in [0.29, 0.717) is 44.4 Å². The third-order valence-corrected chi connectivity index (χ3v) is 12.2. The van der Waals surface area contributed by atoms with Crippen molar-refractivity contribution in [3.8, 4) is 0 Å². The number of rotatable bonds is 17. The van der Waals surface area contributed by atoms with E-state index < -0.39 is 84.8 Å². The molecular formula is C35H30ClFN16Na4O13S4. The number of halogens is 2. The van der Waals surface area contributed by atoms with Crippen molar-refractivity contribution >= 4 is 129 Å². The summed E-state index contributed by atoms with van der Waals surface area (Å²) in [5.74, 6) is -0.785. The van der Waals surface area contributed by atoms with Gasteiger partial charge < -0.3 is 56.0 Å². The Morgan fingerprint density at radius 3 is 1.81 bits per heavy atom. The van der Waals surface area contributed by atoms with Gasteiger partial charge in [-0.2, -0.15) is 38.6 Å². The summed E-state index contributed by atoms with van der Waals surface area (Å²) in [4.78, 5) is 22.6. The van der Waals surface area contributed by atoms with Crippen molar-refractivity contribution in [2.45, 2.75) is 27.0 Å². The van der Waals surface area contributed by atoms with Crippen LogP contribution in [0.25, 0.3) is 0 Å². The molecule has 1 fully saturated rings. The predicted octanol–water partition coefficient (Wildman–Crippen LogP) is -7.49. The molecule has 39 heteroatoms. The van der Waals surface area contributed by atoms with Crippen molar-refractivity contribution in [1.82, 2.24) is 29.9 Å². The fourth-order valence-electron chi connectivity index (χ4n) is 5.83. The third kappa shape index (κ3) is 18.1. The summed E-state index contributed by atoms with van der Waals surface area (Å²) in [6.45, 7) is 1.46. The van der Waals surface area contributed by atoms with Gasteiger partial charge >= 0.3 is 124 Å². The van der Waals surface area contributed by atoms with E-state index in [2.05, 4.69) is 75.7 Å². The number of ether oxygens (including phenoxy) is 1. The smallest absolute Gasteiger partial charge is 0.744 e. The van der Waals surface area contributed by atoms with Crippen LogP contribution in [-0.2, 0) is 44.5 Å². The van der Waals surface area contributed by atoms with Crippen LogP contribution in [0.5, 0.6) is 0 Å². The second-order valence-corrected chi connectivity index (χ2v) is 18.6. The van der Waals surface area contributed by atoms with Gasteiger partial charge in [0, 0.05) is 30.2 Å². The summed E-state index contributed by atoms with van der Waals surface area (Å²) in [6.07, 6.45) is -1.11. The zero-order valence-corrected chi connectivity index (χ0v) is 50.0. The van der Waals surface area contributed by atoms with Crippen LogP contribution in [0.1, 0.15) is 7.43 Å². The molecule has 1 saturated heterocycles. The van der Waals surface area contributed by atoms with Crippen molar-refractivity contribution in [3.63, 3.8) is 0 Å². The molecule has 0 radical (unpaired) electrons. The molecule has 0 saturated carbocycles. The molecule has 0 aliphatic carbocycles. The molecule has 0 spiro atoms. The van der Waals surface area contributed by atoms with Crippen LogP contribution in [0.3, 0.4) is 0 Å². The molecule has 0 amide bonds. The zero-order valence-electron chi connectivity index (χ0n) is 37.9. The minimum absolute atomic E-state index is 0. The summed E-state index contributed by atoms with van der Waals surface area (Å²) in [7, 11) is -15.6. The Kier molecular flexibility index (Phi) is 26.4. The fraction of sp³-hybridized carbons (Fsp3) is 0.143. The summed E-state index contributed by atoms with van der Waals surface area (Å²) < 4.78 is 133. The van der Waals surface area contributed by atoms with Crippen LogP contribution < -0.4 is 156 Å². The van der Waals surface area contributed by atoms with E-state index >= 15 is 0 Å². The van der Waals surface area contributed by atoms with E-state index in [-0.39, 0.29) is 177 Å². The molecule has 6 aromatic rings. The van der Waals surface area contributed by atoms with Crippen LogP contribution >= 0.6 is 23.6 Å². The van der Waals surface area contributed by atoms with Crippen LogP contribution in [0.4, 0.5) is 79.4 Å². The fourth-order valence-corrected chi connectivity index (χ4v) is 8.13. The first kappa shape index (κ1) is 67.2. The monoisotopic (exact) mass is 1160 g/mol. The van der Waals surface area contributed by atoms with Crippen molar-refractivity contribution < 1.29 is 181 Å². The number of hydrogen-bond acceptors (Lipinski definition) is 30. The molecule has 1 aliphatic heterocycles. The van der Waals surface area contributed by atoms with Crippen molar-refractivity contribution in [3.05, 3.63) is 78.1 Å². The van der Waals surface area contributed by atoms with Gasteiger partial charge in [0.15, 0.2) is 0 Å². The summed E-state index contributed by atoms with van der Waals surface area (Å²) >= 11 is 6.41. The second-order valence-electron chi connectivity index (χ2n) is 13.4. The summed E-state index contributed by atoms with van der Waals surface area (Å²) in [5, 5.41) is 37.4. The minimum atomic E-state index is -5.46. The number of anilines is 9. The van der Waals surface area contributed by atoms with E-state index in [1.807, 2.05) is 0 Å². The van der Waals surface area contributed by atoms with Gasteiger partial charge in [-0.05, 0) is 72.3 Å². The maximum atomic E-state index is 14.5. The quantitative estimate of drug-likeness (QED) is 0.0108. The number of azo groups is 2. The maximum Gasteiger partial charge on any atom is 1.00 e. The maximum absolute atomic E-state index is 14.5. The van der Waals surface area contributed by atoms with Crippen LogP contribution in [0, 0.1) is 6.08 Å². The van der Waals surface area contributed by atoms with Crippen molar-refractivity contribution in [2.24, 2.45) is 20.5 Å². The molecule has 370 valence electrons. The Bertz CT molecular complexity index is 3380. The van der Waals surface area contributed by atoms with E-state index in [0.717, 1.165) is 30.3 Å². The molecule has 7 N–H and O–H groups in total. The number of hydrogen-bond donors (Lipinski definition) is 5. The predicted molar refractivity (Wildman–Crippen MR) is 239 cm³/mol. The topological polar surface area (TPSA) is 440 Å². The van der Waals surface area contributed by atoms with Gasteiger partial charge in [0.05, 0.1) is 56.2 Å². The zero-order chi connectivity index (χ0) is 49.7. The molecule has 74 heavy (non-hydrogen) atoms. The molecule has 0 bridgehead atoms. The normalized spacial score (nSPS) is 12.6.